The van der Waals surface area contributed by atoms with Crippen LogP contribution in [0.2, 0.25) is 0 Å². The minimum Gasteiger partial charge on any atom is -0.326 e. The van der Waals surface area contributed by atoms with Gasteiger partial charge in [-0.05, 0) is 68.7 Å². The van der Waals surface area contributed by atoms with Crippen LogP contribution in [-0.4, -0.2) is 66.0 Å². The van der Waals surface area contributed by atoms with Gasteiger partial charge >= 0.3 is 6.03 Å². The Bertz CT molecular complexity index is 642. The van der Waals surface area contributed by atoms with Gasteiger partial charge < -0.3 is 20.4 Å². The minimum atomic E-state index is 0.270. The standard InChI is InChI=1S/C23H36N4O/c24-18-19-5-4-6-21(17-19)20-7-13-26(14-8-20)23(28)27-15-9-22(10-16-27)25-11-2-1-3-12-25/h4-6,17,20,22H,1-3,7-16,18,24H2. The van der Waals surface area contributed by atoms with Gasteiger partial charge in [0, 0.05) is 38.8 Å². The maximum absolute atomic E-state index is 13.0. The number of piperidine rings is 3. The summed E-state index contributed by atoms with van der Waals surface area (Å²) in [4.78, 5) is 19.9. The lowest BCUT2D eigenvalue weighted by atomic mass is 9.88. The van der Waals surface area contributed by atoms with E-state index in [2.05, 4.69) is 39.0 Å². The maximum atomic E-state index is 13.0. The van der Waals surface area contributed by atoms with Gasteiger partial charge in [-0.3, -0.25) is 0 Å². The van der Waals surface area contributed by atoms with Crippen LogP contribution in [0.25, 0.3) is 0 Å². The van der Waals surface area contributed by atoms with Crippen molar-refractivity contribution in [3.8, 4) is 0 Å². The second-order valence-corrected chi connectivity index (χ2v) is 8.81. The summed E-state index contributed by atoms with van der Waals surface area (Å²) in [5.74, 6) is 0.556. The molecule has 0 spiro atoms. The largest absolute Gasteiger partial charge is 0.326 e. The maximum Gasteiger partial charge on any atom is 0.319 e. The summed E-state index contributed by atoms with van der Waals surface area (Å²) in [6.07, 6.45) is 8.50. The van der Waals surface area contributed by atoms with E-state index < -0.39 is 0 Å². The van der Waals surface area contributed by atoms with Gasteiger partial charge in [-0.25, -0.2) is 4.79 Å². The number of urea groups is 1. The van der Waals surface area contributed by atoms with Crippen molar-refractivity contribution in [3.63, 3.8) is 0 Å². The molecule has 0 aromatic heterocycles. The summed E-state index contributed by atoms with van der Waals surface area (Å²) >= 11 is 0. The average molecular weight is 385 g/mol. The molecular formula is C23H36N4O. The van der Waals surface area contributed by atoms with Crippen LogP contribution in [0.5, 0.6) is 0 Å². The molecule has 1 aromatic rings. The Morgan fingerprint density at radius 1 is 0.893 bits per heavy atom. The van der Waals surface area contributed by atoms with Crippen LogP contribution in [0.1, 0.15) is 62.0 Å². The first-order chi connectivity index (χ1) is 13.7. The molecule has 3 aliphatic rings. The van der Waals surface area contributed by atoms with Gasteiger partial charge in [-0.1, -0.05) is 30.7 Å². The van der Waals surface area contributed by atoms with Crippen LogP contribution >= 0.6 is 0 Å². The number of hydrogen-bond donors (Lipinski definition) is 1. The quantitative estimate of drug-likeness (QED) is 0.869. The number of hydrogen-bond acceptors (Lipinski definition) is 3. The molecule has 0 radical (unpaired) electrons. The Morgan fingerprint density at radius 3 is 2.18 bits per heavy atom. The smallest absolute Gasteiger partial charge is 0.319 e. The van der Waals surface area contributed by atoms with Gasteiger partial charge in [0.1, 0.15) is 0 Å². The molecular weight excluding hydrogens is 348 g/mol. The fourth-order valence-electron chi connectivity index (χ4n) is 5.28. The zero-order valence-electron chi connectivity index (χ0n) is 17.2. The monoisotopic (exact) mass is 384 g/mol. The number of carbonyl (C=O) groups excluding carboxylic acids is 1. The molecule has 2 N–H and O–H groups in total. The first kappa shape index (κ1) is 19.7. The van der Waals surface area contributed by atoms with Crippen LogP contribution in [0.4, 0.5) is 4.79 Å². The van der Waals surface area contributed by atoms with Gasteiger partial charge in [0.05, 0.1) is 0 Å². The molecule has 3 saturated heterocycles. The number of likely N-dealkylation sites (tertiary alicyclic amines) is 3. The van der Waals surface area contributed by atoms with Crippen LogP contribution in [0.3, 0.4) is 0 Å². The molecule has 28 heavy (non-hydrogen) atoms. The summed E-state index contributed by atoms with van der Waals surface area (Å²) < 4.78 is 0. The summed E-state index contributed by atoms with van der Waals surface area (Å²) in [5.41, 5.74) is 8.38. The number of nitrogens with zero attached hydrogens (tertiary/aromatic N) is 3. The Balaban J connectivity index is 1.25. The molecule has 0 atom stereocenters. The highest BCUT2D eigenvalue weighted by Gasteiger charge is 2.31. The van der Waals surface area contributed by atoms with Crippen molar-refractivity contribution < 1.29 is 4.79 Å². The minimum absolute atomic E-state index is 0.270. The highest BCUT2D eigenvalue weighted by atomic mass is 16.2. The molecule has 3 aliphatic heterocycles. The topological polar surface area (TPSA) is 52.8 Å². The lowest BCUT2D eigenvalue weighted by Crippen LogP contribution is -2.52. The van der Waals surface area contributed by atoms with E-state index in [0.717, 1.165) is 51.9 Å². The molecule has 3 heterocycles. The van der Waals surface area contributed by atoms with Crippen molar-refractivity contribution >= 4 is 6.03 Å². The van der Waals surface area contributed by atoms with Gasteiger partial charge in [0.2, 0.25) is 0 Å². The van der Waals surface area contributed by atoms with Gasteiger partial charge in [-0.2, -0.15) is 0 Å². The van der Waals surface area contributed by atoms with Gasteiger partial charge in [-0.15, -0.1) is 0 Å². The second-order valence-electron chi connectivity index (χ2n) is 8.81. The molecule has 5 nitrogen and oxygen atoms in total. The van der Waals surface area contributed by atoms with E-state index in [1.54, 1.807) is 0 Å². The van der Waals surface area contributed by atoms with Crippen molar-refractivity contribution in [1.82, 2.24) is 14.7 Å². The average Bonchev–Trinajstić information content (AvgIpc) is 2.79. The fourth-order valence-corrected chi connectivity index (χ4v) is 5.28. The third kappa shape index (κ3) is 4.52. The highest BCUT2D eigenvalue weighted by molar-refractivity contribution is 5.74. The predicted octanol–water partition coefficient (Wildman–Crippen LogP) is 3.40. The number of benzene rings is 1. The van der Waals surface area contributed by atoms with E-state index >= 15 is 0 Å². The molecule has 0 bridgehead atoms. The van der Waals surface area contributed by atoms with Crippen LogP contribution in [0, 0.1) is 0 Å². The van der Waals surface area contributed by atoms with Crippen molar-refractivity contribution in [2.75, 3.05) is 39.3 Å². The SMILES string of the molecule is NCc1cccc(C2CCN(C(=O)N3CCC(N4CCCCC4)CC3)CC2)c1. The van der Waals surface area contributed by atoms with E-state index in [1.807, 2.05) is 0 Å². The summed E-state index contributed by atoms with van der Waals surface area (Å²) in [6.45, 7) is 6.73. The molecule has 3 fully saturated rings. The van der Waals surface area contributed by atoms with Crippen LogP contribution < -0.4 is 5.73 Å². The molecule has 2 amide bonds. The van der Waals surface area contributed by atoms with Crippen LogP contribution in [0.15, 0.2) is 24.3 Å². The number of nitrogens with two attached hydrogens (primary N) is 1. The molecule has 1 aromatic carbocycles. The third-order valence-corrected chi connectivity index (χ3v) is 7.07. The van der Waals surface area contributed by atoms with E-state index in [1.165, 1.54) is 43.5 Å². The Kier molecular flexibility index (Phi) is 6.53. The zero-order chi connectivity index (χ0) is 19.3. The Hall–Kier alpha value is -1.59. The molecule has 0 aliphatic carbocycles. The molecule has 0 saturated carbocycles. The lowest BCUT2D eigenvalue weighted by Gasteiger charge is -2.42. The third-order valence-electron chi connectivity index (χ3n) is 7.07. The van der Waals surface area contributed by atoms with Crippen molar-refractivity contribution in [2.24, 2.45) is 5.73 Å². The van der Waals surface area contributed by atoms with E-state index in [9.17, 15) is 4.79 Å². The summed E-state index contributed by atoms with van der Waals surface area (Å²) in [6, 6.07) is 9.63. The number of carbonyl (C=O) groups is 1. The molecule has 154 valence electrons. The van der Waals surface area contributed by atoms with Gasteiger partial charge in [0.25, 0.3) is 0 Å². The highest BCUT2D eigenvalue weighted by Crippen LogP contribution is 2.29. The summed E-state index contributed by atoms with van der Waals surface area (Å²) in [5, 5.41) is 0. The van der Waals surface area contributed by atoms with Crippen molar-refractivity contribution in [3.05, 3.63) is 35.4 Å². The second kappa shape index (κ2) is 9.27. The van der Waals surface area contributed by atoms with E-state index in [0.29, 0.717) is 18.5 Å². The van der Waals surface area contributed by atoms with Gasteiger partial charge in [0.15, 0.2) is 0 Å². The lowest BCUT2D eigenvalue weighted by molar-refractivity contribution is 0.0856. The first-order valence-electron chi connectivity index (χ1n) is 11.3. The van der Waals surface area contributed by atoms with Crippen LogP contribution in [-0.2, 0) is 6.54 Å². The Morgan fingerprint density at radius 2 is 1.54 bits per heavy atom. The predicted molar refractivity (Wildman–Crippen MR) is 113 cm³/mol. The number of rotatable bonds is 3. The van der Waals surface area contributed by atoms with E-state index in [-0.39, 0.29) is 6.03 Å². The molecule has 0 unspecified atom stereocenters. The van der Waals surface area contributed by atoms with E-state index in [4.69, 9.17) is 5.73 Å². The summed E-state index contributed by atoms with van der Waals surface area (Å²) in [7, 11) is 0. The molecule has 4 rings (SSSR count). The molecule has 5 heteroatoms. The van der Waals surface area contributed by atoms with Crippen molar-refractivity contribution in [2.45, 2.75) is 63.5 Å². The fraction of sp³-hybridized carbons (Fsp3) is 0.696. The Labute approximate surface area is 169 Å². The normalized spacial score (nSPS) is 23.2. The van der Waals surface area contributed by atoms with Crippen molar-refractivity contribution in [1.29, 1.82) is 0 Å². The first-order valence-corrected chi connectivity index (χ1v) is 11.3. The zero-order valence-corrected chi connectivity index (χ0v) is 17.2. The number of amides is 2.